The topological polar surface area (TPSA) is 53.6 Å². The van der Waals surface area contributed by atoms with E-state index in [2.05, 4.69) is 53.6 Å². The van der Waals surface area contributed by atoms with Gasteiger partial charge < -0.3 is 16.0 Å². The molecule has 1 aliphatic rings. The minimum atomic E-state index is 0. The standard InChI is InChI=1S/C14H22N4.HI/c1-18(2)10-12-6-4-3-5-11(12)9-16-14(15)17-13-7-8-13;/h3-6,13H,7-10H2,1-2H3,(H3,15,16,17);1H. The van der Waals surface area contributed by atoms with Gasteiger partial charge in [0, 0.05) is 12.6 Å². The first-order chi connectivity index (χ1) is 8.65. The number of guanidine groups is 1. The van der Waals surface area contributed by atoms with Gasteiger partial charge >= 0.3 is 0 Å². The Morgan fingerprint density at radius 3 is 2.53 bits per heavy atom. The molecule has 1 fully saturated rings. The Morgan fingerprint density at radius 2 is 1.95 bits per heavy atom. The molecule has 0 unspecified atom stereocenters. The summed E-state index contributed by atoms with van der Waals surface area (Å²) in [4.78, 5) is 6.57. The van der Waals surface area contributed by atoms with Crippen LogP contribution in [0.5, 0.6) is 0 Å². The van der Waals surface area contributed by atoms with Crippen molar-refractivity contribution in [2.45, 2.75) is 32.0 Å². The Bertz CT molecular complexity index is 427. The fourth-order valence-corrected chi connectivity index (χ4v) is 1.86. The van der Waals surface area contributed by atoms with Gasteiger partial charge in [-0.05, 0) is 38.1 Å². The van der Waals surface area contributed by atoms with Crippen LogP contribution in [0.4, 0.5) is 0 Å². The van der Waals surface area contributed by atoms with Gasteiger partial charge in [-0.1, -0.05) is 24.3 Å². The zero-order valence-corrected chi connectivity index (χ0v) is 13.9. The van der Waals surface area contributed by atoms with Crippen molar-refractivity contribution in [3.63, 3.8) is 0 Å². The molecule has 0 bridgehead atoms. The zero-order valence-electron chi connectivity index (χ0n) is 11.6. The Balaban J connectivity index is 0.00000180. The maximum atomic E-state index is 5.84. The summed E-state index contributed by atoms with van der Waals surface area (Å²) in [5, 5.41) is 3.20. The maximum absolute atomic E-state index is 5.84. The number of hydrogen-bond acceptors (Lipinski definition) is 2. The van der Waals surface area contributed by atoms with Crippen molar-refractivity contribution in [1.82, 2.24) is 10.2 Å². The maximum Gasteiger partial charge on any atom is 0.189 e. The first-order valence-electron chi connectivity index (χ1n) is 6.43. The van der Waals surface area contributed by atoms with Crippen LogP contribution in [0, 0.1) is 0 Å². The van der Waals surface area contributed by atoms with Crippen LogP contribution in [0.1, 0.15) is 24.0 Å². The number of hydrogen-bond donors (Lipinski definition) is 2. The number of nitrogens with two attached hydrogens (primary N) is 1. The monoisotopic (exact) mass is 374 g/mol. The quantitative estimate of drug-likeness (QED) is 0.471. The van der Waals surface area contributed by atoms with E-state index in [-0.39, 0.29) is 24.0 Å². The Labute approximate surface area is 132 Å². The van der Waals surface area contributed by atoms with Crippen molar-refractivity contribution >= 4 is 29.9 Å². The lowest BCUT2D eigenvalue weighted by Crippen LogP contribution is -2.33. The molecule has 1 aromatic rings. The molecule has 1 aliphatic carbocycles. The van der Waals surface area contributed by atoms with Crippen molar-refractivity contribution in [1.29, 1.82) is 0 Å². The Kier molecular flexibility index (Phi) is 6.57. The molecule has 1 aromatic carbocycles. The number of nitrogens with one attached hydrogen (secondary N) is 1. The summed E-state index contributed by atoms with van der Waals surface area (Å²) in [5.41, 5.74) is 8.40. The summed E-state index contributed by atoms with van der Waals surface area (Å²) in [6.07, 6.45) is 2.43. The lowest BCUT2D eigenvalue weighted by atomic mass is 10.1. The summed E-state index contributed by atoms with van der Waals surface area (Å²) < 4.78 is 0. The summed E-state index contributed by atoms with van der Waals surface area (Å²) in [5.74, 6) is 0.567. The second-order valence-corrected chi connectivity index (χ2v) is 5.13. The Hall–Kier alpha value is -0.820. The van der Waals surface area contributed by atoms with Gasteiger partial charge in [-0.3, -0.25) is 0 Å². The molecule has 4 nitrogen and oxygen atoms in total. The fourth-order valence-electron chi connectivity index (χ4n) is 1.86. The van der Waals surface area contributed by atoms with Crippen LogP contribution in [0.25, 0.3) is 0 Å². The van der Waals surface area contributed by atoms with Gasteiger partial charge in [-0.25, -0.2) is 4.99 Å². The summed E-state index contributed by atoms with van der Waals surface area (Å²) in [6.45, 7) is 1.58. The minimum absolute atomic E-state index is 0. The van der Waals surface area contributed by atoms with E-state index in [1.165, 1.54) is 24.0 Å². The highest BCUT2D eigenvalue weighted by Gasteiger charge is 2.21. The highest BCUT2D eigenvalue weighted by atomic mass is 127. The molecule has 19 heavy (non-hydrogen) atoms. The van der Waals surface area contributed by atoms with Crippen molar-refractivity contribution < 1.29 is 0 Å². The third kappa shape index (κ3) is 5.78. The average Bonchev–Trinajstić information content (AvgIpc) is 3.11. The second-order valence-electron chi connectivity index (χ2n) is 5.13. The van der Waals surface area contributed by atoms with Gasteiger partial charge in [0.2, 0.25) is 0 Å². The van der Waals surface area contributed by atoms with Crippen molar-refractivity contribution in [3.05, 3.63) is 35.4 Å². The number of aliphatic imine (C=N–C) groups is 1. The van der Waals surface area contributed by atoms with Gasteiger partial charge in [0.15, 0.2) is 5.96 Å². The number of nitrogens with zero attached hydrogens (tertiary/aromatic N) is 2. The van der Waals surface area contributed by atoms with E-state index in [0.717, 1.165) is 6.54 Å². The molecule has 0 amide bonds. The van der Waals surface area contributed by atoms with Crippen LogP contribution < -0.4 is 11.1 Å². The molecule has 0 radical (unpaired) electrons. The van der Waals surface area contributed by atoms with Gasteiger partial charge in [-0.2, -0.15) is 0 Å². The zero-order chi connectivity index (χ0) is 13.0. The van der Waals surface area contributed by atoms with E-state index in [1.807, 2.05) is 0 Å². The largest absolute Gasteiger partial charge is 0.370 e. The normalized spacial score (nSPS) is 15.2. The molecular formula is C14H23IN4. The first kappa shape index (κ1) is 16.2. The van der Waals surface area contributed by atoms with E-state index < -0.39 is 0 Å². The van der Waals surface area contributed by atoms with E-state index in [9.17, 15) is 0 Å². The molecule has 1 saturated carbocycles. The molecule has 2 rings (SSSR count). The van der Waals surface area contributed by atoms with E-state index in [4.69, 9.17) is 5.73 Å². The van der Waals surface area contributed by atoms with Gasteiger partial charge in [0.05, 0.1) is 6.54 Å². The molecule has 0 aliphatic heterocycles. The third-order valence-corrected chi connectivity index (χ3v) is 2.95. The fraction of sp³-hybridized carbons (Fsp3) is 0.500. The highest BCUT2D eigenvalue weighted by molar-refractivity contribution is 14.0. The highest BCUT2D eigenvalue weighted by Crippen LogP contribution is 2.18. The number of benzene rings is 1. The molecule has 5 heteroatoms. The van der Waals surface area contributed by atoms with Crippen LogP contribution in [0.15, 0.2) is 29.3 Å². The minimum Gasteiger partial charge on any atom is -0.370 e. The SMILES string of the molecule is CN(C)Cc1ccccc1CN=C(N)NC1CC1.I. The van der Waals surface area contributed by atoms with E-state index >= 15 is 0 Å². The number of rotatable bonds is 5. The molecule has 0 spiro atoms. The molecular weight excluding hydrogens is 351 g/mol. The predicted molar refractivity (Wildman–Crippen MR) is 90.7 cm³/mol. The predicted octanol–water partition coefficient (Wildman–Crippen LogP) is 1.93. The lowest BCUT2D eigenvalue weighted by Gasteiger charge is -2.13. The van der Waals surface area contributed by atoms with Crippen LogP contribution >= 0.6 is 24.0 Å². The van der Waals surface area contributed by atoms with Crippen LogP contribution in [-0.2, 0) is 13.1 Å². The summed E-state index contributed by atoms with van der Waals surface area (Å²) in [6, 6.07) is 8.94. The first-order valence-corrected chi connectivity index (χ1v) is 6.43. The second kappa shape index (κ2) is 7.69. The van der Waals surface area contributed by atoms with Gasteiger partial charge in [-0.15, -0.1) is 24.0 Å². The lowest BCUT2D eigenvalue weighted by molar-refractivity contribution is 0.401. The van der Waals surface area contributed by atoms with Crippen molar-refractivity contribution in [2.24, 2.45) is 10.7 Å². The van der Waals surface area contributed by atoms with Crippen LogP contribution in [0.2, 0.25) is 0 Å². The summed E-state index contributed by atoms with van der Waals surface area (Å²) in [7, 11) is 4.14. The third-order valence-electron chi connectivity index (χ3n) is 2.95. The van der Waals surface area contributed by atoms with Gasteiger partial charge in [0.1, 0.15) is 0 Å². The van der Waals surface area contributed by atoms with Crippen molar-refractivity contribution in [2.75, 3.05) is 14.1 Å². The van der Waals surface area contributed by atoms with Gasteiger partial charge in [0.25, 0.3) is 0 Å². The molecule has 0 atom stereocenters. The number of halogens is 1. The smallest absolute Gasteiger partial charge is 0.189 e. The molecule has 0 saturated heterocycles. The van der Waals surface area contributed by atoms with Crippen LogP contribution in [0.3, 0.4) is 0 Å². The van der Waals surface area contributed by atoms with E-state index in [0.29, 0.717) is 18.5 Å². The average molecular weight is 374 g/mol. The van der Waals surface area contributed by atoms with E-state index in [1.54, 1.807) is 0 Å². The molecule has 3 N–H and O–H groups in total. The van der Waals surface area contributed by atoms with Crippen molar-refractivity contribution in [3.8, 4) is 0 Å². The molecule has 0 aromatic heterocycles. The molecule has 0 heterocycles. The van der Waals surface area contributed by atoms with Crippen LogP contribution in [-0.4, -0.2) is 31.0 Å². The summed E-state index contributed by atoms with van der Waals surface area (Å²) >= 11 is 0. The molecule has 106 valence electrons. The Morgan fingerprint density at radius 1 is 1.32 bits per heavy atom.